The molecular weight excluding hydrogens is 255 g/mol. The molecule has 1 N–H and O–H groups in total. The van der Waals surface area contributed by atoms with Crippen LogP contribution in [0.2, 0.25) is 0 Å². The Hall–Kier alpha value is -0.290. The Balaban J connectivity index is 1.98. The average Bonchev–Trinajstić information content (AvgIpc) is 2.39. The van der Waals surface area contributed by atoms with Crippen molar-refractivity contribution in [1.82, 2.24) is 5.32 Å². The molecule has 2 nitrogen and oxygen atoms in total. The fourth-order valence-corrected chi connectivity index (χ4v) is 3.57. The van der Waals surface area contributed by atoms with E-state index in [9.17, 15) is 13.2 Å². The summed E-state index contributed by atoms with van der Waals surface area (Å²) in [5.74, 6) is -1.18. The minimum atomic E-state index is -4.07. The lowest BCUT2D eigenvalue weighted by Gasteiger charge is -2.39. The zero-order chi connectivity index (χ0) is 13.9. The first kappa shape index (κ1) is 15.1. The van der Waals surface area contributed by atoms with Crippen LogP contribution in [0.25, 0.3) is 0 Å². The number of halogens is 3. The Morgan fingerprint density at radius 3 is 2.11 bits per heavy atom. The summed E-state index contributed by atoms with van der Waals surface area (Å²) < 4.78 is 44.6. The summed E-state index contributed by atoms with van der Waals surface area (Å²) in [6.45, 7) is 0. The minimum Gasteiger partial charge on any atom is -0.380 e. The van der Waals surface area contributed by atoms with Crippen molar-refractivity contribution >= 4 is 0 Å². The molecule has 0 amide bonds. The molecule has 0 aromatic rings. The molecule has 2 saturated carbocycles. The van der Waals surface area contributed by atoms with Crippen molar-refractivity contribution in [2.24, 2.45) is 5.92 Å². The van der Waals surface area contributed by atoms with Crippen molar-refractivity contribution in [1.29, 1.82) is 0 Å². The molecule has 0 bridgehead atoms. The van der Waals surface area contributed by atoms with E-state index in [1.807, 2.05) is 0 Å². The van der Waals surface area contributed by atoms with Gasteiger partial charge in [-0.15, -0.1) is 0 Å². The minimum absolute atomic E-state index is 0.0737. The number of nitrogens with one attached hydrogen (secondary N) is 1. The van der Waals surface area contributed by atoms with Crippen molar-refractivity contribution < 1.29 is 17.9 Å². The summed E-state index contributed by atoms with van der Waals surface area (Å²) in [4.78, 5) is 0. The van der Waals surface area contributed by atoms with E-state index in [0.29, 0.717) is 12.8 Å². The van der Waals surface area contributed by atoms with Crippen LogP contribution in [0.4, 0.5) is 13.2 Å². The fourth-order valence-electron chi connectivity index (χ4n) is 3.57. The van der Waals surface area contributed by atoms with Crippen molar-refractivity contribution in [2.45, 2.75) is 75.7 Å². The van der Waals surface area contributed by atoms with Gasteiger partial charge in [0, 0.05) is 19.2 Å². The Labute approximate surface area is 113 Å². The first-order valence-corrected chi connectivity index (χ1v) is 7.38. The molecule has 2 aliphatic carbocycles. The largest absolute Gasteiger partial charge is 0.393 e. The molecule has 0 radical (unpaired) electrons. The number of ether oxygens (including phenoxy) is 1. The highest BCUT2D eigenvalue weighted by Crippen LogP contribution is 2.38. The van der Waals surface area contributed by atoms with Gasteiger partial charge < -0.3 is 10.1 Å². The summed E-state index contributed by atoms with van der Waals surface area (Å²) in [5.41, 5.74) is 0. The number of hydrogen-bond donors (Lipinski definition) is 1. The second-order valence-electron chi connectivity index (χ2n) is 5.87. The molecule has 0 spiro atoms. The lowest BCUT2D eigenvalue weighted by atomic mass is 9.82. The molecule has 0 aromatic carbocycles. The van der Waals surface area contributed by atoms with Crippen molar-refractivity contribution in [3.63, 3.8) is 0 Å². The van der Waals surface area contributed by atoms with Gasteiger partial charge in [-0.25, -0.2) is 0 Å². The van der Waals surface area contributed by atoms with Gasteiger partial charge in [0.2, 0.25) is 0 Å². The number of methoxy groups -OCH3 is 1. The summed E-state index contributed by atoms with van der Waals surface area (Å²) in [7, 11) is 1.66. The van der Waals surface area contributed by atoms with Crippen LogP contribution >= 0.6 is 0 Å². The van der Waals surface area contributed by atoms with Crippen LogP contribution in [0.3, 0.4) is 0 Å². The molecule has 0 saturated heterocycles. The van der Waals surface area contributed by atoms with Crippen LogP contribution in [0.5, 0.6) is 0 Å². The molecule has 0 aromatic heterocycles. The molecule has 2 fully saturated rings. The number of hydrogen-bond acceptors (Lipinski definition) is 2. The van der Waals surface area contributed by atoms with Gasteiger partial charge in [0.25, 0.3) is 0 Å². The second kappa shape index (κ2) is 6.44. The molecule has 2 rings (SSSR count). The van der Waals surface area contributed by atoms with Gasteiger partial charge in [-0.05, 0) is 25.7 Å². The molecule has 4 unspecified atom stereocenters. The zero-order valence-corrected chi connectivity index (χ0v) is 11.5. The molecule has 19 heavy (non-hydrogen) atoms. The third-order valence-corrected chi connectivity index (χ3v) is 4.62. The van der Waals surface area contributed by atoms with Crippen LogP contribution in [-0.2, 0) is 4.74 Å². The highest BCUT2D eigenvalue weighted by Gasteiger charge is 2.46. The third kappa shape index (κ3) is 3.85. The monoisotopic (exact) mass is 279 g/mol. The predicted molar refractivity (Wildman–Crippen MR) is 68.0 cm³/mol. The lowest BCUT2D eigenvalue weighted by Crippen LogP contribution is -2.53. The highest BCUT2D eigenvalue weighted by molar-refractivity contribution is 4.91. The van der Waals surface area contributed by atoms with E-state index in [-0.39, 0.29) is 18.6 Å². The Morgan fingerprint density at radius 2 is 1.47 bits per heavy atom. The SMILES string of the molecule is COC1CCCCC1NC1CCCCC1C(F)(F)F. The van der Waals surface area contributed by atoms with Crippen molar-refractivity contribution in [3.05, 3.63) is 0 Å². The standard InChI is InChI=1S/C14H24F3NO/c1-19-13-9-5-4-8-12(13)18-11-7-3-2-6-10(11)14(15,16)17/h10-13,18H,2-9H2,1H3. The van der Waals surface area contributed by atoms with Gasteiger partial charge in [-0.3, -0.25) is 0 Å². The van der Waals surface area contributed by atoms with Gasteiger partial charge in [0.05, 0.1) is 12.0 Å². The molecular formula is C14H24F3NO. The molecule has 0 aliphatic heterocycles. The van der Waals surface area contributed by atoms with Crippen LogP contribution in [-0.4, -0.2) is 31.5 Å². The van der Waals surface area contributed by atoms with Crippen molar-refractivity contribution in [2.75, 3.05) is 7.11 Å². The smallest absolute Gasteiger partial charge is 0.380 e. The maximum absolute atomic E-state index is 13.1. The van der Waals surface area contributed by atoms with Gasteiger partial charge in [0.15, 0.2) is 0 Å². The summed E-state index contributed by atoms with van der Waals surface area (Å²) in [5, 5.41) is 3.27. The molecule has 0 heterocycles. The van der Waals surface area contributed by atoms with E-state index in [1.54, 1.807) is 7.11 Å². The van der Waals surface area contributed by atoms with E-state index >= 15 is 0 Å². The van der Waals surface area contributed by atoms with Crippen LogP contribution in [0, 0.1) is 5.92 Å². The van der Waals surface area contributed by atoms with Crippen LogP contribution in [0.15, 0.2) is 0 Å². The summed E-state index contributed by atoms with van der Waals surface area (Å²) in [6, 6.07) is -0.332. The van der Waals surface area contributed by atoms with E-state index in [1.165, 1.54) is 0 Å². The predicted octanol–water partition coefficient (Wildman–Crippen LogP) is 3.65. The van der Waals surface area contributed by atoms with E-state index < -0.39 is 18.1 Å². The lowest BCUT2D eigenvalue weighted by molar-refractivity contribution is -0.190. The van der Waals surface area contributed by atoms with Gasteiger partial charge in [0.1, 0.15) is 0 Å². The second-order valence-corrected chi connectivity index (χ2v) is 5.87. The van der Waals surface area contributed by atoms with E-state index in [2.05, 4.69) is 5.32 Å². The molecule has 4 atom stereocenters. The summed E-state index contributed by atoms with van der Waals surface area (Å²) in [6.07, 6.45) is 2.58. The normalized spacial score (nSPS) is 37.3. The maximum Gasteiger partial charge on any atom is 0.393 e. The first-order chi connectivity index (χ1) is 9.02. The zero-order valence-electron chi connectivity index (χ0n) is 11.5. The maximum atomic E-state index is 13.1. The Bertz CT molecular complexity index is 282. The Morgan fingerprint density at radius 1 is 0.895 bits per heavy atom. The fraction of sp³-hybridized carbons (Fsp3) is 1.00. The third-order valence-electron chi connectivity index (χ3n) is 4.62. The first-order valence-electron chi connectivity index (χ1n) is 7.38. The van der Waals surface area contributed by atoms with Gasteiger partial charge in [-0.1, -0.05) is 25.7 Å². The number of alkyl halides is 3. The van der Waals surface area contributed by atoms with Gasteiger partial charge in [-0.2, -0.15) is 13.2 Å². The van der Waals surface area contributed by atoms with Crippen LogP contribution < -0.4 is 5.32 Å². The van der Waals surface area contributed by atoms with Gasteiger partial charge >= 0.3 is 6.18 Å². The molecule has 112 valence electrons. The highest BCUT2D eigenvalue weighted by atomic mass is 19.4. The quantitative estimate of drug-likeness (QED) is 0.851. The average molecular weight is 279 g/mol. The molecule has 2 aliphatic rings. The van der Waals surface area contributed by atoms with Crippen molar-refractivity contribution in [3.8, 4) is 0 Å². The van der Waals surface area contributed by atoms with E-state index in [4.69, 9.17) is 4.74 Å². The molecule has 5 heteroatoms. The van der Waals surface area contributed by atoms with E-state index in [0.717, 1.165) is 32.1 Å². The summed E-state index contributed by atoms with van der Waals surface area (Å²) >= 11 is 0. The number of rotatable bonds is 3. The topological polar surface area (TPSA) is 21.3 Å². The Kier molecular flexibility index (Phi) is 5.12. The van der Waals surface area contributed by atoms with Crippen LogP contribution in [0.1, 0.15) is 51.4 Å².